The third kappa shape index (κ3) is 4.68. The van der Waals surface area contributed by atoms with Crippen molar-refractivity contribution >= 4 is 36.4 Å². The fraction of sp³-hybridized carbons (Fsp3) is 0.500. The Balaban J connectivity index is 0.00000156. The van der Waals surface area contributed by atoms with Crippen molar-refractivity contribution in [3.05, 3.63) is 34.9 Å². The van der Waals surface area contributed by atoms with Crippen molar-refractivity contribution in [2.24, 2.45) is 0 Å². The molecule has 2 N–H and O–H groups in total. The molecule has 9 heteroatoms. The normalized spacial score (nSPS) is 14.4. The number of piperidine rings is 1. The van der Waals surface area contributed by atoms with Crippen molar-refractivity contribution in [3.8, 4) is 0 Å². The van der Waals surface area contributed by atoms with Gasteiger partial charge in [-0.25, -0.2) is 4.68 Å². The van der Waals surface area contributed by atoms with Crippen molar-refractivity contribution in [1.29, 1.82) is 0 Å². The molecular weight excluding hydrogens is 363 g/mol. The third-order valence-corrected chi connectivity index (χ3v) is 4.27. The maximum Gasteiger partial charge on any atom is 0.278 e. The highest BCUT2D eigenvalue weighted by Gasteiger charge is 2.23. The lowest BCUT2D eigenvalue weighted by molar-refractivity contribution is 0.102. The maximum atomic E-state index is 12.5. The second-order valence-corrected chi connectivity index (χ2v) is 5.99. The van der Waals surface area contributed by atoms with Crippen molar-refractivity contribution in [1.82, 2.24) is 25.3 Å². The Bertz CT molecular complexity index is 727. The quantitative estimate of drug-likeness (QED) is 0.846. The van der Waals surface area contributed by atoms with Crippen LogP contribution in [0.1, 0.15) is 46.5 Å². The first-order valence-electron chi connectivity index (χ1n) is 7.94. The predicted molar refractivity (Wildman–Crippen MR) is 102 cm³/mol. The molecule has 138 valence electrons. The van der Waals surface area contributed by atoms with Gasteiger partial charge in [-0.15, -0.1) is 29.9 Å². The Morgan fingerprint density at radius 2 is 1.88 bits per heavy atom. The van der Waals surface area contributed by atoms with Gasteiger partial charge < -0.3 is 10.6 Å². The van der Waals surface area contributed by atoms with Crippen LogP contribution in [0.25, 0.3) is 0 Å². The molecule has 25 heavy (non-hydrogen) atoms. The van der Waals surface area contributed by atoms with E-state index in [4.69, 9.17) is 0 Å². The van der Waals surface area contributed by atoms with Crippen LogP contribution in [0, 0.1) is 20.8 Å². The minimum absolute atomic E-state index is 0. The van der Waals surface area contributed by atoms with Crippen LogP contribution in [0.4, 0.5) is 5.69 Å². The summed E-state index contributed by atoms with van der Waals surface area (Å²) < 4.78 is 1.88. The molecule has 2 aromatic rings. The van der Waals surface area contributed by atoms with Gasteiger partial charge >= 0.3 is 0 Å². The molecule has 0 aliphatic carbocycles. The highest BCUT2D eigenvalue weighted by molar-refractivity contribution is 6.03. The van der Waals surface area contributed by atoms with Gasteiger partial charge in [0.05, 0.1) is 23.1 Å². The molecule has 0 spiro atoms. The van der Waals surface area contributed by atoms with E-state index in [1.165, 1.54) is 0 Å². The molecule has 3 rings (SSSR count). The number of hydrogen-bond acceptors (Lipinski definition) is 5. The number of carbonyl (C=O) groups is 1. The number of aromatic nitrogens is 4. The Kier molecular flexibility index (Phi) is 7.79. The van der Waals surface area contributed by atoms with E-state index >= 15 is 0 Å². The van der Waals surface area contributed by atoms with Gasteiger partial charge in [-0.1, -0.05) is 5.21 Å². The second kappa shape index (κ2) is 9.12. The lowest BCUT2D eigenvalue weighted by Gasteiger charge is -2.23. The Labute approximate surface area is 159 Å². The summed E-state index contributed by atoms with van der Waals surface area (Å²) in [7, 11) is 0. The maximum absolute atomic E-state index is 12.5. The van der Waals surface area contributed by atoms with Crippen LogP contribution in [-0.2, 0) is 0 Å². The van der Waals surface area contributed by atoms with Gasteiger partial charge in [0.15, 0.2) is 5.69 Å². The van der Waals surface area contributed by atoms with Gasteiger partial charge in [-0.2, -0.15) is 0 Å². The van der Waals surface area contributed by atoms with Crippen LogP contribution in [0.5, 0.6) is 0 Å². The highest BCUT2D eigenvalue weighted by Crippen LogP contribution is 2.21. The van der Waals surface area contributed by atoms with E-state index in [1.54, 1.807) is 0 Å². The van der Waals surface area contributed by atoms with Crippen LogP contribution >= 0.6 is 24.8 Å². The summed E-state index contributed by atoms with van der Waals surface area (Å²) in [6.07, 6.45) is 2.01. The monoisotopic (exact) mass is 386 g/mol. The van der Waals surface area contributed by atoms with Crippen LogP contribution in [-0.4, -0.2) is 39.0 Å². The Morgan fingerprint density at radius 3 is 2.52 bits per heavy atom. The van der Waals surface area contributed by atoms with Gasteiger partial charge in [-0.05, 0) is 58.8 Å². The summed E-state index contributed by atoms with van der Waals surface area (Å²) in [5.74, 6) is -0.239. The van der Waals surface area contributed by atoms with Crippen molar-refractivity contribution in [2.45, 2.75) is 39.7 Å². The van der Waals surface area contributed by atoms with Crippen LogP contribution in [0.3, 0.4) is 0 Å². The Hall–Kier alpha value is -1.70. The summed E-state index contributed by atoms with van der Waals surface area (Å²) in [5, 5.41) is 14.5. The fourth-order valence-electron chi connectivity index (χ4n) is 2.95. The zero-order valence-electron chi connectivity index (χ0n) is 14.6. The molecular formula is C16H24Cl2N6O. The van der Waals surface area contributed by atoms with Gasteiger partial charge in [0.2, 0.25) is 0 Å². The largest absolute Gasteiger partial charge is 0.319 e. The number of amides is 1. The summed E-state index contributed by atoms with van der Waals surface area (Å²) in [4.78, 5) is 16.9. The van der Waals surface area contributed by atoms with Crippen molar-refractivity contribution in [2.75, 3.05) is 18.4 Å². The number of aryl methyl sites for hydroxylation is 2. The first-order chi connectivity index (χ1) is 11.1. The molecule has 1 fully saturated rings. The van der Waals surface area contributed by atoms with E-state index in [2.05, 4.69) is 25.9 Å². The van der Waals surface area contributed by atoms with Crippen LogP contribution < -0.4 is 10.6 Å². The topological polar surface area (TPSA) is 84.7 Å². The molecule has 3 heterocycles. The van der Waals surface area contributed by atoms with Crippen LogP contribution in [0.2, 0.25) is 0 Å². The molecule has 1 aliphatic heterocycles. The SMILES string of the molecule is Cc1ccc(NC(=O)c2nnn(C3CCNCC3)c2C)c(C)n1.Cl.Cl. The standard InChI is InChI=1S/C16H22N6O.2ClH/c1-10-4-5-14(11(2)18-10)19-16(23)15-12(3)22(21-20-15)13-6-8-17-9-7-13;;/h4-5,13,17H,6-9H2,1-3H3,(H,19,23);2*1H. The molecule has 0 unspecified atom stereocenters. The number of pyridine rings is 1. The molecule has 0 bridgehead atoms. The van der Waals surface area contributed by atoms with E-state index in [0.717, 1.165) is 43.0 Å². The summed E-state index contributed by atoms with van der Waals surface area (Å²) in [5.41, 5.74) is 3.61. The van der Waals surface area contributed by atoms with E-state index in [1.807, 2.05) is 37.6 Å². The number of halogens is 2. The number of hydrogen-bond donors (Lipinski definition) is 2. The molecule has 7 nitrogen and oxygen atoms in total. The van der Waals surface area contributed by atoms with Crippen molar-refractivity contribution < 1.29 is 4.79 Å². The average molecular weight is 387 g/mol. The number of carbonyl (C=O) groups excluding carboxylic acids is 1. The minimum Gasteiger partial charge on any atom is -0.319 e. The van der Waals surface area contributed by atoms with Crippen LogP contribution in [0.15, 0.2) is 12.1 Å². The van der Waals surface area contributed by atoms with Gasteiger partial charge in [0.25, 0.3) is 5.91 Å². The molecule has 1 amide bonds. The number of nitrogens with zero attached hydrogens (tertiary/aromatic N) is 4. The first-order valence-corrected chi connectivity index (χ1v) is 7.94. The van der Waals surface area contributed by atoms with Gasteiger partial charge in [-0.3, -0.25) is 9.78 Å². The lowest BCUT2D eigenvalue weighted by atomic mass is 10.1. The van der Waals surface area contributed by atoms with Crippen molar-refractivity contribution in [3.63, 3.8) is 0 Å². The summed E-state index contributed by atoms with van der Waals surface area (Å²) in [6.45, 7) is 7.64. The lowest BCUT2D eigenvalue weighted by Crippen LogP contribution is -2.30. The minimum atomic E-state index is -0.239. The highest BCUT2D eigenvalue weighted by atomic mass is 35.5. The molecule has 1 saturated heterocycles. The molecule has 0 saturated carbocycles. The molecule has 0 aromatic carbocycles. The average Bonchev–Trinajstić information content (AvgIpc) is 2.92. The predicted octanol–water partition coefficient (Wildman–Crippen LogP) is 2.62. The molecule has 2 aromatic heterocycles. The smallest absolute Gasteiger partial charge is 0.278 e. The molecule has 1 aliphatic rings. The number of anilines is 1. The fourth-order valence-corrected chi connectivity index (χ4v) is 2.95. The zero-order chi connectivity index (χ0) is 16.4. The zero-order valence-corrected chi connectivity index (χ0v) is 16.2. The number of rotatable bonds is 3. The Morgan fingerprint density at radius 1 is 1.20 bits per heavy atom. The molecule has 0 radical (unpaired) electrons. The van der Waals surface area contributed by atoms with E-state index < -0.39 is 0 Å². The number of nitrogens with one attached hydrogen (secondary N) is 2. The summed E-state index contributed by atoms with van der Waals surface area (Å²) in [6, 6.07) is 4.05. The summed E-state index contributed by atoms with van der Waals surface area (Å²) >= 11 is 0. The van der Waals surface area contributed by atoms with E-state index in [0.29, 0.717) is 17.4 Å². The van der Waals surface area contributed by atoms with E-state index in [-0.39, 0.29) is 30.7 Å². The van der Waals surface area contributed by atoms with Gasteiger partial charge in [0.1, 0.15) is 0 Å². The third-order valence-electron chi connectivity index (χ3n) is 4.27. The van der Waals surface area contributed by atoms with Gasteiger partial charge in [0, 0.05) is 5.69 Å². The second-order valence-electron chi connectivity index (χ2n) is 5.99. The first kappa shape index (κ1) is 21.3. The molecule has 0 atom stereocenters. The van der Waals surface area contributed by atoms with E-state index in [9.17, 15) is 4.79 Å².